The second kappa shape index (κ2) is 4.99. The largest absolute Gasteiger partial charge is 0.482 e. The fraction of sp³-hybridized carbons (Fsp3) is 0.545. The summed E-state index contributed by atoms with van der Waals surface area (Å²) < 4.78 is 12.3. The van der Waals surface area contributed by atoms with Gasteiger partial charge in [-0.05, 0) is 13.8 Å². The SMILES string of the molecule is CCc1nc(COc2cnn(C(C)C)c2)no1. The van der Waals surface area contributed by atoms with Crippen LogP contribution in [0.1, 0.15) is 38.5 Å². The monoisotopic (exact) mass is 236 g/mol. The van der Waals surface area contributed by atoms with Crippen molar-refractivity contribution < 1.29 is 9.26 Å². The summed E-state index contributed by atoms with van der Waals surface area (Å²) in [6.07, 6.45) is 4.27. The Hall–Kier alpha value is -1.85. The second-order valence-electron chi connectivity index (χ2n) is 4.00. The van der Waals surface area contributed by atoms with E-state index >= 15 is 0 Å². The zero-order valence-electron chi connectivity index (χ0n) is 10.3. The van der Waals surface area contributed by atoms with Crippen molar-refractivity contribution in [3.63, 3.8) is 0 Å². The van der Waals surface area contributed by atoms with Gasteiger partial charge in [-0.15, -0.1) is 0 Å². The zero-order valence-corrected chi connectivity index (χ0v) is 10.3. The lowest BCUT2D eigenvalue weighted by Crippen LogP contribution is -2.00. The Morgan fingerprint density at radius 1 is 1.47 bits per heavy atom. The summed E-state index contributed by atoms with van der Waals surface area (Å²) in [5.74, 6) is 1.89. The zero-order chi connectivity index (χ0) is 12.3. The summed E-state index contributed by atoms with van der Waals surface area (Å²) >= 11 is 0. The van der Waals surface area contributed by atoms with Crippen molar-refractivity contribution in [2.75, 3.05) is 0 Å². The summed E-state index contributed by atoms with van der Waals surface area (Å²) in [6.45, 7) is 6.38. The van der Waals surface area contributed by atoms with E-state index in [1.807, 2.05) is 17.8 Å². The van der Waals surface area contributed by atoms with Crippen molar-refractivity contribution in [2.45, 2.75) is 39.8 Å². The molecule has 0 atom stereocenters. The number of hydrogen-bond donors (Lipinski definition) is 0. The van der Waals surface area contributed by atoms with Crippen molar-refractivity contribution in [3.8, 4) is 5.75 Å². The molecule has 17 heavy (non-hydrogen) atoms. The van der Waals surface area contributed by atoms with E-state index in [1.165, 1.54) is 0 Å². The van der Waals surface area contributed by atoms with E-state index in [4.69, 9.17) is 9.26 Å². The first-order chi connectivity index (χ1) is 8.19. The summed E-state index contributed by atoms with van der Waals surface area (Å²) in [5.41, 5.74) is 0. The first kappa shape index (κ1) is 11.6. The predicted molar refractivity (Wildman–Crippen MR) is 60.6 cm³/mol. The fourth-order valence-electron chi connectivity index (χ4n) is 1.32. The predicted octanol–water partition coefficient (Wildman–Crippen LogP) is 1.99. The van der Waals surface area contributed by atoms with E-state index in [1.54, 1.807) is 6.20 Å². The second-order valence-corrected chi connectivity index (χ2v) is 4.00. The summed E-state index contributed by atoms with van der Waals surface area (Å²) in [5, 5.41) is 7.98. The molecule has 0 unspecified atom stereocenters. The molecular formula is C11H16N4O2. The molecule has 0 saturated carbocycles. The van der Waals surface area contributed by atoms with Gasteiger partial charge in [-0.2, -0.15) is 10.1 Å². The minimum absolute atomic E-state index is 0.299. The molecule has 92 valence electrons. The average Bonchev–Trinajstić information content (AvgIpc) is 2.95. The van der Waals surface area contributed by atoms with Gasteiger partial charge in [0.25, 0.3) is 0 Å². The van der Waals surface area contributed by atoms with E-state index in [0.717, 1.165) is 6.42 Å². The molecule has 0 spiro atoms. The summed E-state index contributed by atoms with van der Waals surface area (Å²) in [4.78, 5) is 4.16. The fourth-order valence-corrected chi connectivity index (χ4v) is 1.32. The topological polar surface area (TPSA) is 66.0 Å². The van der Waals surface area contributed by atoms with E-state index in [2.05, 4.69) is 29.1 Å². The van der Waals surface area contributed by atoms with Crippen molar-refractivity contribution in [2.24, 2.45) is 0 Å². The number of ether oxygens (including phenoxy) is 1. The summed E-state index contributed by atoms with van der Waals surface area (Å²) in [7, 11) is 0. The third-order valence-electron chi connectivity index (χ3n) is 2.29. The highest BCUT2D eigenvalue weighted by atomic mass is 16.5. The quantitative estimate of drug-likeness (QED) is 0.794. The van der Waals surface area contributed by atoms with Crippen LogP contribution in [-0.4, -0.2) is 19.9 Å². The van der Waals surface area contributed by atoms with Crippen molar-refractivity contribution in [1.29, 1.82) is 0 Å². The van der Waals surface area contributed by atoms with Gasteiger partial charge in [-0.1, -0.05) is 12.1 Å². The Labute approximate surface area is 99.6 Å². The van der Waals surface area contributed by atoms with E-state index in [-0.39, 0.29) is 0 Å². The van der Waals surface area contributed by atoms with Crippen LogP contribution in [0.4, 0.5) is 0 Å². The van der Waals surface area contributed by atoms with Crippen LogP contribution in [0, 0.1) is 0 Å². The smallest absolute Gasteiger partial charge is 0.226 e. The molecule has 0 bridgehead atoms. The van der Waals surface area contributed by atoms with Gasteiger partial charge in [0.05, 0.1) is 12.4 Å². The third kappa shape index (κ3) is 2.83. The molecule has 0 aliphatic carbocycles. The van der Waals surface area contributed by atoms with Gasteiger partial charge in [-0.3, -0.25) is 4.68 Å². The summed E-state index contributed by atoms with van der Waals surface area (Å²) in [6, 6.07) is 0.323. The molecule has 0 radical (unpaired) electrons. The van der Waals surface area contributed by atoms with Crippen LogP contribution in [0.15, 0.2) is 16.9 Å². The molecule has 2 aromatic heterocycles. The molecule has 0 aliphatic rings. The van der Waals surface area contributed by atoms with Gasteiger partial charge in [0.1, 0.15) is 0 Å². The highest BCUT2D eigenvalue weighted by Gasteiger charge is 2.07. The molecule has 2 rings (SSSR count). The highest BCUT2D eigenvalue weighted by molar-refractivity contribution is 5.12. The number of rotatable bonds is 5. The van der Waals surface area contributed by atoms with Gasteiger partial charge >= 0.3 is 0 Å². The molecule has 0 aliphatic heterocycles. The average molecular weight is 236 g/mol. The Morgan fingerprint density at radius 3 is 2.88 bits per heavy atom. The number of hydrogen-bond acceptors (Lipinski definition) is 5. The number of aryl methyl sites for hydroxylation is 1. The van der Waals surface area contributed by atoms with Gasteiger partial charge in [-0.25, -0.2) is 0 Å². The maximum atomic E-state index is 5.51. The maximum Gasteiger partial charge on any atom is 0.226 e. The minimum Gasteiger partial charge on any atom is -0.482 e. The minimum atomic E-state index is 0.299. The molecule has 2 aromatic rings. The molecule has 0 aromatic carbocycles. The van der Waals surface area contributed by atoms with Crippen LogP contribution < -0.4 is 4.74 Å². The highest BCUT2D eigenvalue weighted by Crippen LogP contribution is 2.13. The standard InChI is InChI=1S/C11H16N4O2/c1-4-11-13-10(14-17-11)7-16-9-5-12-15(6-9)8(2)3/h5-6,8H,4,7H2,1-3H3. The van der Waals surface area contributed by atoms with Crippen molar-refractivity contribution >= 4 is 0 Å². The number of aromatic nitrogens is 4. The van der Waals surface area contributed by atoms with Gasteiger partial charge < -0.3 is 9.26 Å². The first-order valence-corrected chi connectivity index (χ1v) is 5.67. The van der Waals surface area contributed by atoms with Crippen molar-refractivity contribution in [3.05, 3.63) is 24.1 Å². The molecule has 6 nitrogen and oxygen atoms in total. The van der Waals surface area contributed by atoms with Crippen LogP contribution in [-0.2, 0) is 13.0 Å². The van der Waals surface area contributed by atoms with E-state index < -0.39 is 0 Å². The van der Waals surface area contributed by atoms with Crippen LogP contribution in [0.5, 0.6) is 5.75 Å². The molecule has 2 heterocycles. The van der Waals surface area contributed by atoms with Crippen molar-refractivity contribution in [1.82, 2.24) is 19.9 Å². The maximum absolute atomic E-state index is 5.51. The van der Waals surface area contributed by atoms with Crippen LogP contribution in [0.2, 0.25) is 0 Å². The molecule has 0 amide bonds. The normalized spacial score (nSPS) is 11.1. The molecule has 6 heteroatoms. The van der Waals surface area contributed by atoms with Crippen LogP contribution >= 0.6 is 0 Å². The Morgan fingerprint density at radius 2 is 2.29 bits per heavy atom. The molecule has 0 saturated heterocycles. The molecular weight excluding hydrogens is 220 g/mol. The van der Waals surface area contributed by atoms with Gasteiger partial charge in [0, 0.05) is 12.5 Å². The van der Waals surface area contributed by atoms with Crippen LogP contribution in [0.25, 0.3) is 0 Å². The molecule has 0 N–H and O–H groups in total. The van der Waals surface area contributed by atoms with Crippen LogP contribution in [0.3, 0.4) is 0 Å². The third-order valence-corrected chi connectivity index (χ3v) is 2.29. The van der Waals surface area contributed by atoms with E-state index in [0.29, 0.717) is 30.1 Å². The lowest BCUT2D eigenvalue weighted by atomic mass is 10.4. The van der Waals surface area contributed by atoms with E-state index in [9.17, 15) is 0 Å². The Balaban J connectivity index is 1.92. The lowest BCUT2D eigenvalue weighted by molar-refractivity contribution is 0.284. The first-order valence-electron chi connectivity index (χ1n) is 5.67. The Kier molecular flexibility index (Phi) is 3.41. The Bertz CT molecular complexity index is 475. The van der Waals surface area contributed by atoms with Gasteiger partial charge in [0.2, 0.25) is 11.7 Å². The lowest BCUT2D eigenvalue weighted by Gasteiger charge is -2.03. The number of nitrogens with zero attached hydrogens (tertiary/aromatic N) is 4. The van der Waals surface area contributed by atoms with Gasteiger partial charge in [0.15, 0.2) is 12.4 Å². The molecule has 0 fully saturated rings.